The van der Waals surface area contributed by atoms with Gasteiger partial charge in [-0.1, -0.05) is 12.8 Å². The van der Waals surface area contributed by atoms with Crippen molar-refractivity contribution in [2.45, 2.75) is 31.3 Å². The fraction of sp³-hybridized carbons (Fsp3) is 0.900. The molecule has 1 saturated carbocycles. The van der Waals surface area contributed by atoms with E-state index in [0.29, 0.717) is 6.54 Å². The molecule has 2 N–H and O–H groups in total. The van der Waals surface area contributed by atoms with Gasteiger partial charge in [-0.3, -0.25) is 0 Å². The largest absolute Gasteiger partial charge is 0.447 e. The number of nitrogens with zero attached hydrogens (tertiary/aromatic N) is 1. The van der Waals surface area contributed by atoms with E-state index in [9.17, 15) is 9.90 Å². The average Bonchev–Trinajstić information content (AvgIpc) is 2.61. The molecule has 1 amide bonds. The molecular formula is C10H19NO4. The van der Waals surface area contributed by atoms with E-state index < -0.39 is 11.7 Å². The molecule has 1 aliphatic carbocycles. The lowest BCUT2D eigenvalue weighted by Gasteiger charge is -2.27. The standard InChI is InChI=1S/C10H19NO4/c1-11(9(13)15-7-6-12)8-10(14)4-2-3-5-10/h12,14H,2-8H2,1H3. The number of aliphatic hydroxyl groups excluding tert-OH is 1. The highest BCUT2D eigenvalue weighted by molar-refractivity contribution is 5.67. The Morgan fingerprint density at radius 3 is 2.60 bits per heavy atom. The van der Waals surface area contributed by atoms with Gasteiger partial charge in [0.05, 0.1) is 18.8 Å². The minimum atomic E-state index is -0.743. The summed E-state index contributed by atoms with van der Waals surface area (Å²) in [5.74, 6) is 0. The molecule has 0 radical (unpaired) electrons. The first-order valence-corrected chi connectivity index (χ1v) is 5.28. The molecule has 0 saturated heterocycles. The quantitative estimate of drug-likeness (QED) is 0.713. The molecule has 0 bridgehead atoms. The van der Waals surface area contributed by atoms with Crippen molar-refractivity contribution in [3.05, 3.63) is 0 Å². The fourth-order valence-corrected chi connectivity index (χ4v) is 1.94. The Labute approximate surface area is 89.6 Å². The van der Waals surface area contributed by atoms with Gasteiger partial charge < -0.3 is 19.8 Å². The van der Waals surface area contributed by atoms with E-state index in [1.807, 2.05) is 0 Å². The molecule has 0 heterocycles. The van der Waals surface area contributed by atoms with Crippen molar-refractivity contribution in [2.24, 2.45) is 0 Å². The molecule has 5 heteroatoms. The van der Waals surface area contributed by atoms with Crippen LogP contribution in [0.2, 0.25) is 0 Å². The van der Waals surface area contributed by atoms with Crippen molar-refractivity contribution in [1.29, 1.82) is 0 Å². The van der Waals surface area contributed by atoms with E-state index in [4.69, 9.17) is 9.84 Å². The number of ether oxygens (including phenoxy) is 1. The van der Waals surface area contributed by atoms with Crippen LogP contribution in [0, 0.1) is 0 Å². The number of hydrogen-bond donors (Lipinski definition) is 2. The van der Waals surface area contributed by atoms with Gasteiger partial charge >= 0.3 is 6.09 Å². The minimum Gasteiger partial charge on any atom is -0.447 e. The molecule has 0 aromatic heterocycles. The molecule has 0 unspecified atom stereocenters. The highest BCUT2D eigenvalue weighted by Crippen LogP contribution is 2.29. The normalized spacial score (nSPS) is 18.9. The molecule has 0 atom stereocenters. The Morgan fingerprint density at radius 1 is 1.47 bits per heavy atom. The van der Waals surface area contributed by atoms with Crippen LogP contribution >= 0.6 is 0 Å². The second kappa shape index (κ2) is 5.32. The first-order chi connectivity index (χ1) is 7.07. The molecule has 88 valence electrons. The maximum Gasteiger partial charge on any atom is 0.409 e. The van der Waals surface area contributed by atoms with Crippen LogP contribution in [0.25, 0.3) is 0 Å². The Bertz CT molecular complexity index is 213. The number of aliphatic hydroxyl groups is 2. The van der Waals surface area contributed by atoms with Crippen LogP contribution in [0.5, 0.6) is 0 Å². The van der Waals surface area contributed by atoms with Crippen LogP contribution in [0.3, 0.4) is 0 Å². The van der Waals surface area contributed by atoms with Crippen LogP contribution in [-0.2, 0) is 4.74 Å². The van der Waals surface area contributed by atoms with Gasteiger partial charge in [0.2, 0.25) is 0 Å². The lowest BCUT2D eigenvalue weighted by Crippen LogP contribution is -2.42. The number of rotatable bonds is 4. The van der Waals surface area contributed by atoms with E-state index in [0.717, 1.165) is 25.7 Å². The van der Waals surface area contributed by atoms with Gasteiger partial charge in [-0.25, -0.2) is 4.79 Å². The highest BCUT2D eigenvalue weighted by atomic mass is 16.6. The summed E-state index contributed by atoms with van der Waals surface area (Å²) in [6.45, 7) is 0.128. The van der Waals surface area contributed by atoms with E-state index in [1.165, 1.54) is 4.90 Å². The van der Waals surface area contributed by atoms with Gasteiger partial charge in [0.1, 0.15) is 6.61 Å². The first kappa shape index (κ1) is 12.3. The summed E-state index contributed by atoms with van der Waals surface area (Å²) in [6.07, 6.45) is 3.01. The van der Waals surface area contributed by atoms with E-state index in [-0.39, 0.29) is 13.2 Å². The lowest BCUT2D eigenvalue weighted by atomic mass is 10.0. The Morgan fingerprint density at radius 2 is 2.07 bits per heavy atom. The summed E-state index contributed by atoms with van der Waals surface area (Å²) in [7, 11) is 1.59. The SMILES string of the molecule is CN(CC1(O)CCCC1)C(=O)OCCO. The van der Waals surface area contributed by atoms with Crippen molar-refractivity contribution in [3.63, 3.8) is 0 Å². The monoisotopic (exact) mass is 217 g/mol. The van der Waals surface area contributed by atoms with Crippen LogP contribution < -0.4 is 0 Å². The second-order valence-corrected chi connectivity index (χ2v) is 4.13. The lowest BCUT2D eigenvalue weighted by molar-refractivity contribution is 0.0107. The zero-order chi connectivity index (χ0) is 11.3. The average molecular weight is 217 g/mol. The van der Waals surface area contributed by atoms with Gasteiger partial charge in [0.15, 0.2) is 0 Å². The van der Waals surface area contributed by atoms with Crippen molar-refractivity contribution in [2.75, 3.05) is 26.8 Å². The maximum absolute atomic E-state index is 11.3. The predicted molar refractivity (Wildman–Crippen MR) is 54.5 cm³/mol. The van der Waals surface area contributed by atoms with Crippen LogP contribution in [0.15, 0.2) is 0 Å². The Balaban J connectivity index is 2.33. The summed E-state index contributed by atoms with van der Waals surface area (Å²) < 4.78 is 4.73. The van der Waals surface area contributed by atoms with E-state index in [1.54, 1.807) is 7.05 Å². The molecule has 0 aromatic carbocycles. The second-order valence-electron chi connectivity index (χ2n) is 4.13. The third kappa shape index (κ3) is 3.68. The summed E-state index contributed by atoms with van der Waals surface area (Å²) in [5.41, 5.74) is -0.743. The predicted octanol–water partition coefficient (Wildman–Crippen LogP) is 0.352. The summed E-state index contributed by atoms with van der Waals surface area (Å²) in [6, 6.07) is 0. The molecular weight excluding hydrogens is 198 g/mol. The Hall–Kier alpha value is -0.810. The fourth-order valence-electron chi connectivity index (χ4n) is 1.94. The van der Waals surface area contributed by atoms with Gasteiger partial charge in [0.25, 0.3) is 0 Å². The maximum atomic E-state index is 11.3. The number of amides is 1. The van der Waals surface area contributed by atoms with Crippen LogP contribution in [-0.4, -0.2) is 53.6 Å². The summed E-state index contributed by atoms with van der Waals surface area (Å²) >= 11 is 0. The van der Waals surface area contributed by atoms with Crippen molar-refractivity contribution in [1.82, 2.24) is 4.90 Å². The molecule has 1 fully saturated rings. The topological polar surface area (TPSA) is 70.0 Å². The zero-order valence-corrected chi connectivity index (χ0v) is 9.11. The molecule has 0 spiro atoms. The highest BCUT2D eigenvalue weighted by Gasteiger charge is 2.33. The molecule has 15 heavy (non-hydrogen) atoms. The van der Waals surface area contributed by atoms with E-state index in [2.05, 4.69) is 0 Å². The smallest absolute Gasteiger partial charge is 0.409 e. The summed E-state index contributed by atoms with van der Waals surface area (Å²) in [4.78, 5) is 12.7. The number of carbonyl (C=O) groups is 1. The molecule has 1 rings (SSSR count). The van der Waals surface area contributed by atoms with Crippen LogP contribution in [0.4, 0.5) is 4.79 Å². The summed E-state index contributed by atoms with van der Waals surface area (Å²) in [5, 5.41) is 18.5. The minimum absolute atomic E-state index is 0.00159. The molecule has 0 aliphatic heterocycles. The van der Waals surface area contributed by atoms with Gasteiger partial charge in [-0.05, 0) is 12.8 Å². The number of carbonyl (C=O) groups excluding carboxylic acids is 1. The van der Waals surface area contributed by atoms with Crippen molar-refractivity contribution in [3.8, 4) is 0 Å². The van der Waals surface area contributed by atoms with Gasteiger partial charge in [-0.2, -0.15) is 0 Å². The van der Waals surface area contributed by atoms with Gasteiger partial charge in [0, 0.05) is 7.05 Å². The number of hydrogen-bond acceptors (Lipinski definition) is 4. The molecule has 0 aromatic rings. The van der Waals surface area contributed by atoms with Crippen molar-refractivity contribution >= 4 is 6.09 Å². The Kier molecular flexibility index (Phi) is 4.35. The molecule has 5 nitrogen and oxygen atoms in total. The van der Waals surface area contributed by atoms with Crippen molar-refractivity contribution < 1.29 is 19.7 Å². The molecule has 1 aliphatic rings. The third-order valence-electron chi connectivity index (χ3n) is 2.69. The number of likely N-dealkylation sites (N-methyl/N-ethyl adjacent to an activating group) is 1. The van der Waals surface area contributed by atoms with Gasteiger partial charge in [-0.15, -0.1) is 0 Å². The van der Waals surface area contributed by atoms with Crippen LogP contribution in [0.1, 0.15) is 25.7 Å². The zero-order valence-electron chi connectivity index (χ0n) is 9.11. The first-order valence-electron chi connectivity index (χ1n) is 5.28. The van der Waals surface area contributed by atoms with E-state index >= 15 is 0 Å². The third-order valence-corrected chi connectivity index (χ3v) is 2.69.